The van der Waals surface area contributed by atoms with Crippen LogP contribution in [0.4, 0.5) is 0 Å². The molecule has 0 saturated heterocycles. The maximum Gasteiger partial charge on any atom is 0.293 e. The fourth-order valence-corrected chi connectivity index (χ4v) is 2.49. The summed E-state index contributed by atoms with van der Waals surface area (Å²) in [6.07, 6.45) is 8.36. The van der Waals surface area contributed by atoms with Crippen LogP contribution in [0.15, 0.2) is 0 Å². The van der Waals surface area contributed by atoms with Crippen molar-refractivity contribution in [1.82, 2.24) is 0 Å². The van der Waals surface area contributed by atoms with Gasteiger partial charge in [0.15, 0.2) is 0 Å². The summed E-state index contributed by atoms with van der Waals surface area (Å²) in [7, 11) is 0. The molecule has 0 rings (SSSR count). The molecule has 0 aromatic rings. The lowest BCUT2D eigenvalue weighted by molar-refractivity contribution is -0.131. The molecule has 1 N–H and O–H groups in total. The molecule has 0 spiro atoms. The number of rotatable bonds is 12. The van der Waals surface area contributed by atoms with E-state index in [2.05, 4.69) is 34.6 Å². The van der Waals surface area contributed by atoms with Crippen LogP contribution in [0.25, 0.3) is 0 Å². The number of aliphatic hydroxyl groups excluding tert-OH is 1. The first-order valence-electron chi connectivity index (χ1n) is 8.40. The third-order valence-corrected chi connectivity index (χ3v) is 3.90. The van der Waals surface area contributed by atoms with Crippen molar-refractivity contribution >= 4 is 6.47 Å². The van der Waals surface area contributed by atoms with Crippen molar-refractivity contribution in [2.45, 2.75) is 92.1 Å². The van der Waals surface area contributed by atoms with Gasteiger partial charge in [-0.25, -0.2) is 0 Å². The number of hydrogen-bond donors (Lipinski definition) is 1. The van der Waals surface area contributed by atoms with Crippen LogP contribution >= 0.6 is 0 Å². The molecular weight excluding hydrogens is 264 g/mol. The summed E-state index contributed by atoms with van der Waals surface area (Å²) in [6.45, 7) is 12.0. The molecule has 0 aromatic heterocycles. The molecule has 21 heavy (non-hydrogen) atoms. The Bertz CT molecular complexity index is 266. The number of hydrogen-bond acceptors (Lipinski definition) is 3. The van der Waals surface area contributed by atoms with Crippen LogP contribution in [0.1, 0.15) is 86.0 Å². The highest BCUT2D eigenvalue weighted by molar-refractivity contribution is 5.36. The fourth-order valence-electron chi connectivity index (χ4n) is 2.49. The zero-order valence-electron chi connectivity index (χ0n) is 14.8. The monoisotopic (exact) mass is 300 g/mol. The third kappa shape index (κ3) is 14.1. The van der Waals surface area contributed by atoms with Crippen LogP contribution < -0.4 is 0 Å². The highest BCUT2D eigenvalue weighted by Gasteiger charge is 2.18. The minimum absolute atomic E-state index is 0.0402. The molecule has 3 heteroatoms. The summed E-state index contributed by atoms with van der Waals surface area (Å²) in [5, 5.41) is 9.98. The van der Waals surface area contributed by atoms with E-state index in [-0.39, 0.29) is 11.5 Å². The van der Waals surface area contributed by atoms with Crippen LogP contribution in [0.3, 0.4) is 0 Å². The van der Waals surface area contributed by atoms with Gasteiger partial charge in [0.1, 0.15) is 0 Å². The molecule has 0 aliphatic heterocycles. The van der Waals surface area contributed by atoms with Crippen molar-refractivity contribution in [3.05, 3.63) is 0 Å². The molecule has 1 atom stereocenters. The molecule has 0 amide bonds. The van der Waals surface area contributed by atoms with E-state index in [1.54, 1.807) is 0 Å². The maximum atomic E-state index is 10.2. The van der Waals surface area contributed by atoms with Gasteiger partial charge in [0.2, 0.25) is 0 Å². The summed E-state index contributed by atoms with van der Waals surface area (Å²) < 4.78 is 4.84. The van der Waals surface area contributed by atoms with Crippen LogP contribution in [0.2, 0.25) is 0 Å². The standard InChI is InChI=1S/C18H36O3/c1-17(2,3)12-8-6-10-16(20)11-7-9-13-18(4,5)14-21-15-19/h15-16,20H,6-14H2,1-5H3. The summed E-state index contributed by atoms with van der Waals surface area (Å²) >= 11 is 0. The molecule has 0 saturated carbocycles. The first kappa shape index (κ1) is 20.4. The first-order valence-corrected chi connectivity index (χ1v) is 8.40. The molecule has 0 aromatic carbocycles. The second-order valence-corrected chi connectivity index (χ2v) is 8.28. The number of ether oxygens (including phenoxy) is 1. The smallest absolute Gasteiger partial charge is 0.293 e. The van der Waals surface area contributed by atoms with Crippen molar-refractivity contribution < 1.29 is 14.6 Å². The van der Waals surface area contributed by atoms with Crippen LogP contribution in [-0.2, 0) is 9.53 Å². The number of carbonyl (C=O) groups is 1. The molecule has 0 aliphatic carbocycles. The van der Waals surface area contributed by atoms with E-state index in [9.17, 15) is 9.90 Å². The molecule has 0 heterocycles. The fraction of sp³-hybridized carbons (Fsp3) is 0.944. The van der Waals surface area contributed by atoms with Crippen molar-refractivity contribution in [3.63, 3.8) is 0 Å². The quantitative estimate of drug-likeness (QED) is 0.419. The second-order valence-electron chi connectivity index (χ2n) is 8.28. The predicted molar refractivity (Wildman–Crippen MR) is 88.2 cm³/mol. The molecule has 1 unspecified atom stereocenters. The molecule has 0 fully saturated rings. The third-order valence-electron chi connectivity index (χ3n) is 3.90. The molecular formula is C18H36O3. The van der Waals surface area contributed by atoms with Gasteiger partial charge in [0.25, 0.3) is 6.47 Å². The molecule has 0 aliphatic rings. The minimum Gasteiger partial charge on any atom is -0.467 e. The number of unbranched alkanes of at least 4 members (excludes halogenated alkanes) is 2. The molecule has 126 valence electrons. The van der Waals surface area contributed by atoms with Gasteiger partial charge in [-0.15, -0.1) is 0 Å². The average molecular weight is 300 g/mol. The van der Waals surface area contributed by atoms with E-state index in [4.69, 9.17) is 4.74 Å². The van der Waals surface area contributed by atoms with Crippen molar-refractivity contribution in [2.24, 2.45) is 10.8 Å². The zero-order chi connectivity index (χ0) is 16.4. The van der Waals surface area contributed by atoms with Gasteiger partial charge in [-0.2, -0.15) is 0 Å². The Morgan fingerprint density at radius 3 is 1.95 bits per heavy atom. The lowest BCUT2D eigenvalue weighted by atomic mass is 9.87. The molecule has 0 bridgehead atoms. The van der Waals surface area contributed by atoms with E-state index in [0.29, 0.717) is 18.5 Å². The minimum atomic E-state index is -0.153. The van der Waals surface area contributed by atoms with E-state index in [1.807, 2.05) is 0 Å². The molecule has 0 radical (unpaired) electrons. The van der Waals surface area contributed by atoms with E-state index < -0.39 is 0 Å². The van der Waals surface area contributed by atoms with Gasteiger partial charge in [0, 0.05) is 0 Å². The van der Waals surface area contributed by atoms with Gasteiger partial charge in [-0.05, 0) is 36.5 Å². The number of carbonyl (C=O) groups excluding carboxylic acids is 1. The topological polar surface area (TPSA) is 46.5 Å². The van der Waals surface area contributed by atoms with E-state index in [1.165, 1.54) is 12.8 Å². The first-order chi connectivity index (χ1) is 9.66. The van der Waals surface area contributed by atoms with E-state index >= 15 is 0 Å². The Morgan fingerprint density at radius 2 is 1.48 bits per heavy atom. The zero-order valence-corrected chi connectivity index (χ0v) is 14.8. The highest BCUT2D eigenvalue weighted by Crippen LogP contribution is 2.25. The van der Waals surface area contributed by atoms with E-state index in [0.717, 1.165) is 38.5 Å². The highest BCUT2D eigenvalue weighted by atomic mass is 16.5. The van der Waals surface area contributed by atoms with Gasteiger partial charge in [-0.3, -0.25) is 4.79 Å². The average Bonchev–Trinajstić information content (AvgIpc) is 2.36. The summed E-state index contributed by atoms with van der Waals surface area (Å²) in [4.78, 5) is 10.2. The van der Waals surface area contributed by atoms with Gasteiger partial charge in [0.05, 0.1) is 12.7 Å². The maximum absolute atomic E-state index is 10.2. The van der Waals surface area contributed by atoms with Crippen molar-refractivity contribution in [3.8, 4) is 0 Å². The molecule has 3 nitrogen and oxygen atoms in total. The predicted octanol–water partition coefficient (Wildman–Crippen LogP) is 4.71. The van der Waals surface area contributed by atoms with Crippen LogP contribution in [-0.4, -0.2) is 24.3 Å². The Kier molecular flexibility index (Phi) is 9.93. The summed E-state index contributed by atoms with van der Waals surface area (Å²) in [6, 6.07) is 0. The second kappa shape index (κ2) is 10.2. The number of aliphatic hydroxyl groups is 1. The van der Waals surface area contributed by atoms with Crippen LogP contribution in [0.5, 0.6) is 0 Å². The summed E-state index contributed by atoms with van der Waals surface area (Å²) in [5.74, 6) is 0. The lowest BCUT2D eigenvalue weighted by Gasteiger charge is -2.23. The lowest BCUT2D eigenvalue weighted by Crippen LogP contribution is -2.19. The van der Waals surface area contributed by atoms with Crippen molar-refractivity contribution in [1.29, 1.82) is 0 Å². The van der Waals surface area contributed by atoms with Gasteiger partial charge in [-0.1, -0.05) is 60.3 Å². The van der Waals surface area contributed by atoms with Crippen LogP contribution in [0, 0.1) is 10.8 Å². The largest absolute Gasteiger partial charge is 0.467 e. The Morgan fingerprint density at radius 1 is 0.952 bits per heavy atom. The Hall–Kier alpha value is -0.570. The van der Waals surface area contributed by atoms with Crippen molar-refractivity contribution in [2.75, 3.05) is 6.61 Å². The SMILES string of the molecule is CC(C)(C)CCCCC(O)CCCCC(C)(C)COC=O. The summed E-state index contributed by atoms with van der Waals surface area (Å²) in [5.41, 5.74) is 0.443. The van der Waals surface area contributed by atoms with Gasteiger partial charge < -0.3 is 9.84 Å². The Labute approximate surface area is 131 Å². The van der Waals surface area contributed by atoms with Gasteiger partial charge >= 0.3 is 0 Å². The normalized spacial score (nSPS) is 14.0. The Balaban J connectivity index is 3.57.